The van der Waals surface area contributed by atoms with E-state index in [0.717, 1.165) is 18.8 Å². The second-order valence-electron chi connectivity index (χ2n) is 5.63. The Balaban J connectivity index is 1.88. The quantitative estimate of drug-likeness (QED) is 0.851. The molecule has 0 saturated carbocycles. The number of nitrogens with zero attached hydrogens (tertiary/aromatic N) is 1. The summed E-state index contributed by atoms with van der Waals surface area (Å²) < 4.78 is 5.51. The number of hydrogen-bond acceptors (Lipinski definition) is 4. The summed E-state index contributed by atoms with van der Waals surface area (Å²) in [4.78, 5) is 4.12. The van der Waals surface area contributed by atoms with Gasteiger partial charge in [-0.05, 0) is 42.8 Å². The van der Waals surface area contributed by atoms with Crippen molar-refractivity contribution in [1.29, 1.82) is 0 Å². The van der Waals surface area contributed by atoms with Gasteiger partial charge in [-0.3, -0.25) is 0 Å². The van der Waals surface area contributed by atoms with Crippen molar-refractivity contribution in [2.45, 2.75) is 29.7 Å². The highest BCUT2D eigenvalue weighted by molar-refractivity contribution is 7.99. The van der Waals surface area contributed by atoms with Gasteiger partial charge < -0.3 is 15.0 Å². The van der Waals surface area contributed by atoms with E-state index in [9.17, 15) is 0 Å². The van der Waals surface area contributed by atoms with Gasteiger partial charge in [0.15, 0.2) is 0 Å². The molecule has 0 radical (unpaired) electrons. The molecule has 1 aromatic rings. The topological polar surface area (TPSA) is 24.5 Å². The molecule has 0 amide bonds. The first-order valence-electron chi connectivity index (χ1n) is 7.20. The molecule has 102 valence electrons. The van der Waals surface area contributed by atoms with E-state index in [1.54, 1.807) is 7.11 Å². The van der Waals surface area contributed by atoms with Crippen molar-refractivity contribution in [3.05, 3.63) is 17.7 Å². The van der Waals surface area contributed by atoms with Crippen LogP contribution in [0, 0.1) is 0 Å². The van der Waals surface area contributed by atoms with Crippen LogP contribution < -0.4 is 15.0 Å². The predicted molar refractivity (Wildman–Crippen MR) is 79.7 cm³/mol. The number of hydrogen-bond donors (Lipinski definition) is 1. The van der Waals surface area contributed by atoms with Crippen LogP contribution in [-0.4, -0.2) is 38.5 Å². The van der Waals surface area contributed by atoms with Gasteiger partial charge in [0.25, 0.3) is 0 Å². The smallest absolute Gasteiger partial charge is 0.120 e. The molecule has 3 heterocycles. The van der Waals surface area contributed by atoms with E-state index in [0.29, 0.717) is 12.0 Å². The maximum atomic E-state index is 5.51. The summed E-state index contributed by atoms with van der Waals surface area (Å²) >= 11 is 2.00. The van der Waals surface area contributed by atoms with Crippen LogP contribution in [0.4, 0.5) is 5.69 Å². The zero-order chi connectivity index (χ0) is 12.8. The van der Waals surface area contributed by atoms with Crippen LogP contribution in [0.15, 0.2) is 17.0 Å². The van der Waals surface area contributed by atoms with Crippen LogP contribution in [0.5, 0.6) is 5.75 Å². The summed E-state index contributed by atoms with van der Waals surface area (Å²) in [6.45, 7) is 3.50. The molecule has 3 nitrogen and oxygen atoms in total. The molecular formula is C15H20N2OS. The summed E-state index contributed by atoms with van der Waals surface area (Å²) in [6.07, 6.45) is 2.56. The van der Waals surface area contributed by atoms with Crippen LogP contribution in [0.25, 0.3) is 0 Å². The van der Waals surface area contributed by atoms with Crippen molar-refractivity contribution in [3.63, 3.8) is 0 Å². The number of thioether (sulfide) groups is 1. The largest absolute Gasteiger partial charge is 0.497 e. The van der Waals surface area contributed by atoms with E-state index < -0.39 is 0 Å². The third kappa shape index (κ3) is 1.77. The molecule has 0 spiro atoms. The lowest BCUT2D eigenvalue weighted by Crippen LogP contribution is -2.44. The van der Waals surface area contributed by atoms with Gasteiger partial charge in [-0.15, -0.1) is 11.8 Å². The monoisotopic (exact) mass is 276 g/mol. The minimum absolute atomic E-state index is 0.649. The first-order chi connectivity index (χ1) is 9.38. The first kappa shape index (κ1) is 11.9. The molecule has 0 unspecified atom stereocenters. The van der Waals surface area contributed by atoms with Gasteiger partial charge in [0, 0.05) is 29.9 Å². The Morgan fingerprint density at radius 2 is 2.37 bits per heavy atom. The highest BCUT2D eigenvalue weighted by Crippen LogP contribution is 2.50. The third-order valence-electron chi connectivity index (χ3n) is 4.65. The Labute approximate surface area is 118 Å². The fourth-order valence-electron chi connectivity index (χ4n) is 3.82. The molecule has 1 N–H and O–H groups in total. The molecule has 3 aliphatic heterocycles. The second-order valence-corrected chi connectivity index (χ2v) is 6.76. The summed E-state index contributed by atoms with van der Waals surface area (Å²) in [5.41, 5.74) is 3.03. The van der Waals surface area contributed by atoms with E-state index in [-0.39, 0.29) is 0 Å². The molecule has 0 aliphatic carbocycles. The maximum Gasteiger partial charge on any atom is 0.120 e. The first-order valence-corrected chi connectivity index (χ1v) is 8.19. The lowest BCUT2D eigenvalue weighted by atomic mass is 9.90. The van der Waals surface area contributed by atoms with Gasteiger partial charge in [0.2, 0.25) is 0 Å². The minimum Gasteiger partial charge on any atom is -0.497 e. The van der Waals surface area contributed by atoms with Crippen LogP contribution in [0.2, 0.25) is 0 Å². The van der Waals surface area contributed by atoms with Crippen LogP contribution in [0.1, 0.15) is 24.3 Å². The number of fused-ring (bicyclic) bond motifs is 3. The van der Waals surface area contributed by atoms with E-state index in [1.165, 1.54) is 41.3 Å². The number of piperidine rings is 1. The van der Waals surface area contributed by atoms with E-state index >= 15 is 0 Å². The molecule has 2 atom stereocenters. The second kappa shape index (κ2) is 4.60. The number of benzene rings is 1. The Kier molecular flexibility index (Phi) is 2.88. The lowest BCUT2D eigenvalue weighted by Gasteiger charge is -2.33. The van der Waals surface area contributed by atoms with Crippen molar-refractivity contribution in [2.24, 2.45) is 0 Å². The summed E-state index contributed by atoms with van der Waals surface area (Å²) in [5.74, 6) is 2.90. The molecule has 0 aromatic heterocycles. The van der Waals surface area contributed by atoms with E-state index in [2.05, 4.69) is 22.3 Å². The van der Waals surface area contributed by atoms with Crippen molar-refractivity contribution < 1.29 is 4.74 Å². The zero-order valence-corrected chi connectivity index (χ0v) is 12.1. The highest BCUT2D eigenvalue weighted by Gasteiger charge is 2.41. The van der Waals surface area contributed by atoms with E-state index in [1.807, 2.05) is 11.8 Å². The Hall–Kier alpha value is -0.870. The van der Waals surface area contributed by atoms with Crippen molar-refractivity contribution >= 4 is 17.4 Å². The molecule has 4 rings (SSSR count). The number of nitrogens with one attached hydrogen (secondary N) is 1. The van der Waals surface area contributed by atoms with E-state index in [4.69, 9.17) is 4.74 Å². The fraction of sp³-hybridized carbons (Fsp3) is 0.600. The third-order valence-corrected chi connectivity index (χ3v) is 5.76. The van der Waals surface area contributed by atoms with Crippen LogP contribution in [0.3, 0.4) is 0 Å². The fourth-order valence-corrected chi connectivity index (χ4v) is 4.88. The van der Waals surface area contributed by atoms with Crippen molar-refractivity contribution in [1.82, 2.24) is 5.32 Å². The van der Waals surface area contributed by atoms with Crippen LogP contribution >= 0.6 is 11.8 Å². The predicted octanol–water partition coefficient (Wildman–Crippen LogP) is 2.46. The number of ether oxygens (including phenoxy) is 1. The molecule has 19 heavy (non-hydrogen) atoms. The molecule has 1 aromatic carbocycles. The van der Waals surface area contributed by atoms with Gasteiger partial charge >= 0.3 is 0 Å². The van der Waals surface area contributed by atoms with Gasteiger partial charge in [-0.25, -0.2) is 0 Å². The number of anilines is 1. The Morgan fingerprint density at radius 1 is 1.42 bits per heavy atom. The number of rotatable bonds is 1. The van der Waals surface area contributed by atoms with Gasteiger partial charge in [0.05, 0.1) is 12.8 Å². The molecule has 1 fully saturated rings. The maximum absolute atomic E-state index is 5.51. The van der Waals surface area contributed by atoms with Gasteiger partial charge in [0.1, 0.15) is 5.75 Å². The molecule has 3 aliphatic rings. The van der Waals surface area contributed by atoms with Crippen molar-refractivity contribution in [3.8, 4) is 5.75 Å². The summed E-state index contributed by atoms with van der Waals surface area (Å²) in [5, 5.41) is 3.56. The minimum atomic E-state index is 0.649. The average molecular weight is 276 g/mol. The van der Waals surface area contributed by atoms with Gasteiger partial charge in [-0.2, -0.15) is 0 Å². The molecule has 0 bridgehead atoms. The normalized spacial score (nSPS) is 28.6. The van der Waals surface area contributed by atoms with Crippen LogP contribution in [-0.2, 0) is 0 Å². The van der Waals surface area contributed by atoms with Crippen molar-refractivity contribution in [2.75, 3.05) is 37.4 Å². The zero-order valence-electron chi connectivity index (χ0n) is 11.3. The molecule has 4 heteroatoms. The lowest BCUT2D eigenvalue weighted by molar-refractivity contribution is 0.399. The molecular weight excluding hydrogens is 256 g/mol. The summed E-state index contributed by atoms with van der Waals surface area (Å²) in [6, 6.07) is 5.21. The highest BCUT2D eigenvalue weighted by atomic mass is 32.2. The Morgan fingerprint density at radius 3 is 3.26 bits per heavy atom. The standard InChI is InChI=1S/C15H20N2OS/c1-18-10-7-11-12-9-16-4-3-13(12)17-5-2-6-19-14(8-10)15(11)17/h7-8,12-13,16H,2-6,9H2,1H3/t12-,13-/m1/s1. The Bertz CT molecular complexity index is 505. The van der Waals surface area contributed by atoms with Gasteiger partial charge in [-0.1, -0.05) is 0 Å². The SMILES string of the molecule is COc1cc2c3c(c1)[C@H]1CNCC[C@H]1N3CCCS2. The average Bonchev–Trinajstić information content (AvgIpc) is 2.63. The summed E-state index contributed by atoms with van der Waals surface area (Å²) in [7, 11) is 1.78. The molecule has 1 saturated heterocycles. The number of methoxy groups -OCH3 is 1.